The van der Waals surface area contributed by atoms with Crippen molar-refractivity contribution in [3.8, 4) is 22.9 Å². The molecular weight excluding hydrogens is 456 g/mol. The van der Waals surface area contributed by atoms with Crippen molar-refractivity contribution in [3.63, 3.8) is 0 Å². The first-order valence-corrected chi connectivity index (χ1v) is 11.5. The second kappa shape index (κ2) is 9.95. The molecule has 1 aromatic heterocycles. The standard InChI is InChI=1S/C28H26N4O4/c1-18-24(27-30-26(31-36-27)21-11-15-23(35-3)16-12-21)25(20-9-13-22(34-2)14-10-20)29-28(33)32(18)17-19-7-5-4-6-8-19/h4-16,25H,17H2,1-3H3,(H,29,33). The summed E-state index contributed by atoms with van der Waals surface area (Å²) >= 11 is 0. The average Bonchev–Trinajstić information content (AvgIpc) is 3.41. The molecule has 1 N–H and O–H groups in total. The van der Waals surface area contributed by atoms with E-state index < -0.39 is 6.04 Å². The van der Waals surface area contributed by atoms with Gasteiger partial charge in [0.1, 0.15) is 11.5 Å². The van der Waals surface area contributed by atoms with E-state index >= 15 is 0 Å². The van der Waals surface area contributed by atoms with Crippen molar-refractivity contribution in [2.24, 2.45) is 0 Å². The molecule has 3 aromatic carbocycles. The van der Waals surface area contributed by atoms with Gasteiger partial charge in [-0.3, -0.25) is 4.90 Å². The van der Waals surface area contributed by atoms with Crippen LogP contribution >= 0.6 is 0 Å². The summed E-state index contributed by atoms with van der Waals surface area (Å²) in [5.41, 5.74) is 4.17. The number of rotatable bonds is 7. The van der Waals surface area contributed by atoms with E-state index in [9.17, 15) is 4.79 Å². The molecule has 1 atom stereocenters. The first-order chi connectivity index (χ1) is 17.6. The van der Waals surface area contributed by atoms with E-state index in [2.05, 4.69) is 10.5 Å². The van der Waals surface area contributed by atoms with Crippen molar-refractivity contribution in [1.29, 1.82) is 0 Å². The van der Waals surface area contributed by atoms with Crippen molar-refractivity contribution >= 4 is 11.6 Å². The number of aromatic nitrogens is 2. The maximum absolute atomic E-state index is 13.3. The molecule has 0 saturated carbocycles. The van der Waals surface area contributed by atoms with E-state index in [0.29, 0.717) is 18.3 Å². The molecule has 1 aliphatic rings. The highest BCUT2D eigenvalue weighted by Crippen LogP contribution is 2.38. The number of benzene rings is 3. The van der Waals surface area contributed by atoms with E-state index in [-0.39, 0.29) is 6.03 Å². The Morgan fingerprint density at radius 3 is 2.19 bits per heavy atom. The van der Waals surface area contributed by atoms with Crippen LogP contribution in [0.5, 0.6) is 11.5 Å². The first kappa shape index (κ1) is 23.2. The minimum absolute atomic E-state index is 0.198. The molecule has 0 aliphatic carbocycles. The third kappa shape index (κ3) is 4.53. The monoisotopic (exact) mass is 482 g/mol. The molecule has 0 bridgehead atoms. The number of allylic oxidation sites excluding steroid dienone is 1. The lowest BCUT2D eigenvalue weighted by Crippen LogP contribution is -2.45. The van der Waals surface area contributed by atoms with Crippen molar-refractivity contribution in [1.82, 2.24) is 20.4 Å². The van der Waals surface area contributed by atoms with Crippen molar-refractivity contribution in [2.75, 3.05) is 14.2 Å². The number of nitrogens with one attached hydrogen (secondary N) is 1. The maximum atomic E-state index is 13.3. The van der Waals surface area contributed by atoms with Crippen LogP contribution < -0.4 is 14.8 Å². The van der Waals surface area contributed by atoms with Gasteiger partial charge >= 0.3 is 6.03 Å². The molecule has 0 saturated heterocycles. The highest BCUT2D eigenvalue weighted by Gasteiger charge is 2.35. The Bertz CT molecular complexity index is 1380. The van der Waals surface area contributed by atoms with E-state index in [1.807, 2.05) is 85.8 Å². The predicted octanol–water partition coefficient (Wildman–Crippen LogP) is 5.45. The van der Waals surface area contributed by atoms with Crippen LogP contribution in [0.2, 0.25) is 0 Å². The molecule has 8 heteroatoms. The summed E-state index contributed by atoms with van der Waals surface area (Å²) in [5, 5.41) is 7.35. The number of carbonyl (C=O) groups is 1. The van der Waals surface area contributed by atoms with Crippen LogP contribution in [0.15, 0.2) is 89.1 Å². The topological polar surface area (TPSA) is 89.7 Å². The lowest BCUT2D eigenvalue weighted by atomic mass is 9.94. The molecule has 36 heavy (non-hydrogen) atoms. The zero-order valence-corrected chi connectivity index (χ0v) is 20.3. The fourth-order valence-electron chi connectivity index (χ4n) is 4.25. The number of amides is 2. The van der Waals surface area contributed by atoms with Gasteiger partial charge in [-0.25, -0.2) is 4.79 Å². The predicted molar refractivity (Wildman–Crippen MR) is 135 cm³/mol. The Morgan fingerprint density at radius 2 is 1.56 bits per heavy atom. The summed E-state index contributed by atoms with van der Waals surface area (Å²) in [4.78, 5) is 19.7. The smallest absolute Gasteiger partial charge is 0.322 e. The van der Waals surface area contributed by atoms with Crippen LogP contribution in [0.1, 0.15) is 30.0 Å². The van der Waals surface area contributed by atoms with Gasteiger partial charge in [0.05, 0.1) is 32.4 Å². The van der Waals surface area contributed by atoms with E-state index in [0.717, 1.165) is 39.5 Å². The van der Waals surface area contributed by atoms with Gasteiger partial charge in [-0.05, 0) is 54.4 Å². The number of methoxy groups -OCH3 is 2. The van der Waals surface area contributed by atoms with Gasteiger partial charge in [0, 0.05) is 11.3 Å². The lowest BCUT2D eigenvalue weighted by Gasteiger charge is -2.35. The minimum atomic E-state index is -0.473. The van der Waals surface area contributed by atoms with Crippen LogP contribution in [-0.2, 0) is 6.54 Å². The van der Waals surface area contributed by atoms with Crippen LogP contribution in [0, 0.1) is 0 Å². The molecule has 0 radical (unpaired) electrons. The second-order valence-corrected chi connectivity index (χ2v) is 8.38. The van der Waals surface area contributed by atoms with Crippen LogP contribution in [-0.4, -0.2) is 35.3 Å². The molecule has 1 unspecified atom stereocenters. The Morgan fingerprint density at radius 1 is 0.917 bits per heavy atom. The number of carbonyl (C=O) groups excluding carboxylic acids is 1. The molecular formula is C28H26N4O4. The van der Waals surface area contributed by atoms with Crippen LogP contribution in [0.3, 0.4) is 0 Å². The Kier molecular flexibility index (Phi) is 6.40. The maximum Gasteiger partial charge on any atom is 0.322 e. The first-order valence-electron chi connectivity index (χ1n) is 11.5. The van der Waals surface area contributed by atoms with Gasteiger partial charge in [0.15, 0.2) is 0 Å². The van der Waals surface area contributed by atoms with Gasteiger partial charge in [0.25, 0.3) is 5.89 Å². The summed E-state index contributed by atoms with van der Waals surface area (Å²) in [6.45, 7) is 2.32. The highest BCUT2D eigenvalue weighted by atomic mass is 16.5. The third-order valence-electron chi connectivity index (χ3n) is 6.23. The van der Waals surface area contributed by atoms with Crippen molar-refractivity contribution in [3.05, 3.63) is 102 Å². The lowest BCUT2D eigenvalue weighted by molar-refractivity contribution is 0.203. The zero-order valence-electron chi connectivity index (χ0n) is 20.3. The SMILES string of the molecule is COc1ccc(-c2noc(C3=C(C)N(Cc4ccccc4)C(=O)NC3c3ccc(OC)cc3)n2)cc1. The number of hydrogen-bond acceptors (Lipinski definition) is 6. The normalized spacial score (nSPS) is 15.6. The van der Waals surface area contributed by atoms with Gasteiger partial charge < -0.3 is 19.3 Å². The molecule has 0 fully saturated rings. The fourth-order valence-corrected chi connectivity index (χ4v) is 4.25. The average molecular weight is 483 g/mol. The summed E-state index contributed by atoms with van der Waals surface area (Å²) in [5.74, 6) is 2.27. The van der Waals surface area contributed by atoms with E-state index in [1.54, 1.807) is 19.1 Å². The van der Waals surface area contributed by atoms with Gasteiger partial charge in [0.2, 0.25) is 5.82 Å². The Hall–Kier alpha value is -4.59. The number of hydrogen-bond donors (Lipinski definition) is 1. The number of ether oxygens (including phenoxy) is 2. The molecule has 8 nitrogen and oxygen atoms in total. The third-order valence-corrected chi connectivity index (χ3v) is 6.23. The van der Waals surface area contributed by atoms with Crippen molar-refractivity contribution in [2.45, 2.75) is 19.5 Å². The summed E-state index contributed by atoms with van der Waals surface area (Å²) in [6.07, 6.45) is 0. The van der Waals surface area contributed by atoms with Crippen LogP contribution in [0.25, 0.3) is 17.0 Å². The number of nitrogens with zero attached hydrogens (tertiary/aromatic N) is 3. The number of urea groups is 1. The zero-order chi connectivity index (χ0) is 25.1. The molecule has 4 aromatic rings. The highest BCUT2D eigenvalue weighted by molar-refractivity contribution is 5.87. The second-order valence-electron chi connectivity index (χ2n) is 8.38. The Balaban J connectivity index is 1.57. The quantitative estimate of drug-likeness (QED) is 0.377. The molecule has 1 aliphatic heterocycles. The van der Waals surface area contributed by atoms with Gasteiger partial charge in [-0.15, -0.1) is 0 Å². The largest absolute Gasteiger partial charge is 0.497 e. The molecule has 182 valence electrons. The Labute approximate surface area is 209 Å². The summed E-state index contributed by atoms with van der Waals surface area (Å²) < 4.78 is 16.3. The van der Waals surface area contributed by atoms with Crippen LogP contribution in [0.4, 0.5) is 4.79 Å². The molecule has 2 amide bonds. The van der Waals surface area contributed by atoms with Gasteiger partial charge in [-0.2, -0.15) is 4.98 Å². The molecule has 2 heterocycles. The summed E-state index contributed by atoms with van der Waals surface area (Å²) in [6, 6.07) is 24.2. The van der Waals surface area contributed by atoms with Gasteiger partial charge in [-0.1, -0.05) is 47.6 Å². The molecule has 0 spiro atoms. The van der Waals surface area contributed by atoms with Crippen molar-refractivity contribution < 1.29 is 18.8 Å². The minimum Gasteiger partial charge on any atom is -0.497 e. The van der Waals surface area contributed by atoms with E-state index in [4.69, 9.17) is 19.0 Å². The summed E-state index contributed by atoms with van der Waals surface area (Å²) in [7, 11) is 3.24. The fraction of sp³-hybridized carbons (Fsp3) is 0.179. The molecule has 5 rings (SSSR count). The van der Waals surface area contributed by atoms with E-state index in [1.165, 1.54) is 0 Å².